The minimum Gasteiger partial charge on any atom is -0.364 e. The molecule has 0 saturated heterocycles. The summed E-state index contributed by atoms with van der Waals surface area (Å²) in [5.74, 6) is 0. The van der Waals surface area contributed by atoms with Gasteiger partial charge in [-0.1, -0.05) is 53.2 Å². The highest BCUT2D eigenvalue weighted by molar-refractivity contribution is 8.03. The van der Waals surface area contributed by atoms with Gasteiger partial charge in [-0.3, -0.25) is 0 Å². The second-order valence-electron chi connectivity index (χ2n) is 6.07. The van der Waals surface area contributed by atoms with Gasteiger partial charge in [-0.25, -0.2) is 0 Å². The lowest BCUT2D eigenvalue weighted by atomic mass is 10.2. The van der Waals surface area contributed by atoms with Crippen LogP contribution in [0.2, 0.25) is 10.0 Å². The van der Waals surface area contributed by atoms with Gasteiger partial charge in [-0.2, -0.15) is 0 Å². The zero-order valence-corrected chi connectivity index (χ0v) is 17.4. The molecule has 0 spiro atoms. The van der Waals surface area contributed by atoms with E-state index in [1.807, 2.05) is 23.9 Å². The molecule has 1 aliphatic rings. The molecule has 134 valence electrons. The Labute approximate surface area is 170 Å². The van der Waals surface area contributed by atoms with Gasteiger partial charge in [0.1, 0.15) is 0 Å². The number of likely N-dealkylation sites (N-methyl/N-ethyl adjacent to an activating group) is 1. The van der Waals surface area contributed by atoms with Crippen LogP contribution in [0.5, 0.6) is 0 Å². The zero-order valence-electron chi connectivity index (χ0n) is 14.2. The summed E-state index contributed by atoms with van der Waals surface area (Å²) in [6, 6.07) is 14.2. The van der Waals surface area contributed by atoms with Gasteiger partial charge in [-0.15, -0.1) is 12.4 Å². The maximum atomic E-state index is 6.33. The van der Waals surface area contributed by atoms with Crippen LogP contribution in [-0.2, 0) is 0 Å². The molecule has 0 N–H and O–H groups in total. The SMILES string of the molecule is CN(C)CCN1CC(=Cc2ccc(Cl)cc2Cl)Sc2ccccc21.Cl. The van der Waals surface area contributed by atoms with E-state index in [-0.39, 0.29) is 12.4 Å². The summed E-state index contributed by atoms with van der Waals surface area (Å²) in [4.78, 5) is 7.22. The second-order valence-corrected chi connectivity index (χ2v) is 8.08. The summed E-state index contributed by atoms with van der Waals surface area (Å²) in [6.07, 6.45) is 2.17. The van der Waals surface area contributed by atoms with Gasteiger partial charge in [-0.05, 0) is 50.0 Å². The maximum absolute atomic E-state index is 6.33. The van der Waals surface area contributed by atoms with Crippen molar-refractivity contribution in [2.24, 2.45) is 0 Å². The Kier molecular flexibility index (Phi) is 7.53. The van der Waals surface area contributed by atoms with E-state index < -0.39 is 0 Å². The van der Waals surface area contributed by atoms with Crippen LogP contribution >= 0.6 is 47.4 Å². The summed E-state index contributed by atoms with van der Waals surface area (Å²) in [5.41, 5.74) is 2.32. The van der Waals surface area contributed by atoms with Crippen molar-refractivity contribution in [3.05, 3.63) is 63.0 Å². The van der Waals surface area contributed by atoms with Gasteiger partial charge in [0.15, 0.2) is 0 Å². The Bertz CT molecular complexity index is 762. The molecule has 0 aromatic heterocycles. The van der Waals surface area contributed by atoms with Crippen molar-refractivity contribution < 1.29 is 0 Å². The molecule has 0 bridgehead atoms. The lowest BCUT2D eigenvalue weighted by Crippen LogP contribution is -2.34. The summed E-state index contributed by atoms with van der Waals surface area (Å²) >= 11 is 14.1. The highest BCUT2D eigenvalue weighted by atomic mass is 35.5. The second kappa shape index (κ2) is 9.20. The molecule has 2 aromatic rings. The van der Waals surface area contributed by atoms with E-state index in [0.717, 1.165) is 25.2 Å². The molecule has 0 radical (unpaired) electrons. The largest absolute Gasteiger partial charge is 0.364 e. The van der Waals surface area contributed by atoms with Crippen LogP contribution in [0.15, 0.2) is 52.3 Å². The van der Waals surface area contributed by atoms with Crippen LogP contribution in [0.4, 0.5) is 5.69 Å². The van der Waals surface area contributed by atoms with Crippen LogP contribution in [0.25, 0.3) is 6.08 Å². The Hall–Kier alpha value is -0.840. The maximum Gasteiger partial charge on any atom is 0.0511 e. The van der Waals surface area contributed by atoms with Gasteiger partial charge >= 0.3 is 0 Å². The van der Waals surface area contributed by atoms with E-state index in [1.165, 1.54) is 15.5 Å². The van der Waals surface area contributed by atoms with Crippen molar-refractivity contribution in [2.45, 2.75) is 4.90 Å². The van der Waals surface area contributed by atoms with Gasteiger partial charge < -0.3 is 9.80 Å². The van der Waals surface area contributed by atoms with Crippen LogP contribution in [0.1, 0.15) is 5.56 Å². The van der Waals surface area contributed by atoms with Crippen LogP contribution in [0.3, 0.4) is 0 Å². The molecule has 25 heavy (non-hydrogen) atoms. The van der Waals surface area contributed by atoms with Crippen LogP contribution in [-0.4, -0.2) is 38.6 Å². The molecule has 0 aliphatic carbocycles. The van der Waals surface area contributed by atoms with Gasteiger partial charge in [0.2, 0.25) is 0 Å². The first-order chi connectivity index (χ1) is 11.5. The summed E-state index contributed by atoms with van der Waals surface area (Å²) < 4.78 is 0. The number of rotatable bonds is 4. The highest BCUT2D eigenvalue weighted by Crippen LogP contribution is 2.41. The molecule has 0 unspecified atom stereocenters. The quantitative estimate of drug-likeness (QED) is 0.611. The lowest BCUT2D eigenvalue weighted by Gasteiger charge is -2.33. The topological polar surface area (TPSA) is 6.48 Å². The van der Waals surface area contributed by atoms with E-state index in [1.54, 1.807) is 6.07 Å². The molecular weight excluding hydrogens is 395 g/mol. The molecule has 1 aliphatic heterocycles. The predicted molar refractivity (Wildman–Crippen MR) is 115 cm³/mol. The molecule has 2 aromatic carbocycles. The van der Waals surface area contributed by atoms with Crippen LogP contribution in [0, 0.1) is 0 Å². The number of hydrogen-bond acceptors (Lipinski definition) is 3. The molecule has 2 nitrogen and oxygen atoms in total. The van der Waals surface area contributed by atoms with Crippen molar-refractivity contribution in [3.63, 3.8) is 0 Å². The number of hydrogen-bond donors (Lipinski definition) is 0. The van der Waals surface area contributed by atoms with Gasteiger partial charge in [0.05, 0.1) is 5.69 Å². The fourth-order valence-corrected chi connectivity index (χ4v) is 4.24. The molecule has 0 saturated carbocycles. The zero-order chi connectivity index (χ0) is 17.1. The van der Waals surface area contributed by atoms with Crippen molar-refractivity contribution in [1.29, 1.82) is 0 Å². The number of nitrogens with zero attached hydrogens (tertiary/aromatic N) is 2. The standard InChI is InChI=1S/C19H20Cl2N2S.ClH/c1-22(2)9-10-23-13-16(24-19-6-4-3-5-18(19)23)11-14-7-8-15(20)12-17(14)21;/h3-8,11-12H,9-10,13H2,1-2H3;1H. The van der Waals surface area contributed by atoms with E-state index >= 15 is 0 Å². The number of fused-ring (bicyclic) bond motifs is 1. The minimum atomic E-state index is 0. The fraction of sp³-hybridized carbons (Fsp3) is 0.263. The average Bonchev–Trinajstić information content (AvgIpc) is 2.55. The van der Waals surface area contributed by atoms with E-state index in [4.69, 9.17) is 23.2 Å². The Morgan fingerprint density at radius 3 is 2.64 bits per heavy atom. The smallest absolute Gasteiger partial charge is 0.0511 e. The third kappa shape index (κ3) is 5.32. The fourth-order valence-electron chi connectivity index (χ4n) is 2.64. The average molecular weight is 416 g/mol. The van der Waals surface area contributed by atoms with Gasteiger partial charge in [0.25, 0.3) is 0 Å². The lowest BCUT2D eigenvalue weighted by molar-refractivity contribution is 0.414. The number of halogens is 3. The van der Waals surface area contributed by atoms with E-state index in [0.29, 0.717) is 10.0 Å². The van der Waals surface area contributed by atoms with E-state index in [9.17, 15) is 0 Å². The molecule has 0 amide bonds. The number of thioether (sulfide) groups is 1. The predicted octanol–water partition coefficient (Wildman–Crippen LogP) is 5.93. The van der Waals surface area contributed by atoms with Crippen molar-refractivity contribution in [3.8, 4) is 0 Å². The summed E-state index contributed by atoms with van der Waals surface area (Å²) in [7, 11) is 4.21. The normalized spacial score (nSPS) is 15.2. The number of anilines is 1. The molecular formula is C19H21Cl3N2S. The number of para-hydroxylation sites is 1. The Morgan fingerprint density at radius 2 is 1.92 bits per heavy atom. The first kappa shape index (κ1) is 20.5. The van der Waals surface area contributed by atoms with E-state index in [2.05, 4.69) is 54.2 Å². The monoisotopic (exact) mass is 414 g/mol. The van der Waals surface area contributed by atoms with Crippen molar-refractivity contribution in [2.75, 3.05) is 38.6 Å². The Balaban J connectivity index is 0.00000225. The van der Waals surface area contributed by atoms with Crippen molar-refractivity contribution in [1.82, 2.24) is 4.90 Å². The number of benzene rings is 2. The third-order valence-electron chi connectivity index (χ3n) is 3.89. The van der Waals surface area contributed by atoms with Gasteiger partial charge in [0, 0.05) is 39.5 Å². The highest BCUT2D eigenvalue weighted by Gasteiger charge is 2.20. The first-order valence-electron chi connectivity index (χ1n) is 7.85. The van der Waals surface area contributed by atoms with Crippen molar-refractivity contribution >= 4 is 59.1 Å². The summed E-state index contributed by atoms with van der Waals surface area (Å²) in [5, 5.41) is 1.35. The van der Waals surface area contributed by atoms with Crippen LogP contribution < -0.4 is 4.90 Å². The minimum absolute atomic E-state index is 0. The molecule has 6 heteroatoms. The summed E-state index contributed by atoms with van der Waals surface area (Å²) in [6.45, 7) is 2.92. The molecule has 0 fully saturated rings. The molecule has 0 atom stereocenters. The molecule has 3 rings (SSSR count). The third-order valence-corrected chi connectivity index (χ3v) is 5.53. The Morgan fingerprint density at radius 1 is 1.16 bits per heavy atom. The molecule has 1 heterocycles. The first-order valence-corrected chi connectivity index (χ1v) is 9.42.